The first-order valence-electron chi connectivity index (χ1n) is 6.11. The molecule has 0 radical (unpaired) electrons. The standard InChI is InChI=1S/C14H9Cl2F2NO2/c15-10-6-19-7-11(16)9(10)3-1-8-2-4-12-13(5-8)21-14(17,18)20-12/h2,4-7H,1,3H2. The molecule has 1 aromatic carbocycles. The number of hydrogen-bond donors (Lipinski definition) is 0. The highest BCUT2D eigenvalue weighted by atomic mass is 35.5. The van der Waals surface area contributed by atoms with Crippen LogP contribution in [0.5, 0.6) is 11.5 Å². The van der Waals surface area contributed by atoms with Crippen molar-refractivity contribution in [1.29, 1.82) is 0 Å². The van der Waals surface area contributed by atoms with Gasteiger partial charge in [0.25, 0.3) is 0 Å². The van der Waals surface area contributed by atoms with Crippen LogP contribution in [0.15, 0.2) is 30.6 Å². The number of aromatic nitrogens is 1. The number of rotatable bonds is 3. The van der Waals surface area contributed by atoms with E-state index in [2.05, 4.69) is 14.5 Å². The monoisotopic (exact) mass is 331 g/mol. The number of ether oxygens (including phenoxy) is 2. The van der Waals surface area contributed by atoms with Crippen molar-refractivity contribution >= 4 is 23.2 Å². The maximum Gasteiger partial charge on any atom is 0.586 e. The lowest BCUT2D eigenvalue weighted by Crippen LogP contribution is -2.25. The van der Waals surface area contributed by atoms with Gasteiger partial charge in [-0.3, -0.25) is 4.98 Å². The second kappa shape index (κ2) is 5.31. The van der Waals surface area contributed by atoms with Crippen LogP contribution in [0.1, 0.15) is 11.1 Å². The molecule has 2 heterocycles. The zero-order valence-electron chi connectivity index (χ0n) is 10.6. The number of benzene rings is 1. The smallest absolute Gasteiger partial charge is 0.395 e. The van der Waals surface area contributed by atoms with Crippen molar-refractivity contribution in [2.45, 2.75) is 19.1 Å². The van der Waals surface area contributed by atoms with Crippen LogP contribution in [0.3, 0.4) is 0 Å². The van der Waals surface area contributed by atoms with Gasteiger partial charge in [0.2, 0.25) is 0 Å². The van der Waals surface area contributed by atoms with E-state index in [4.69, 9.17) is 23.2 Å². The number of pyridine rings is 1. The van der Waals surface area contributed by atoms with Gasteiger partial charge >= 0.3 is 6.29 Å². The van der Waals surface area contributed by atoms with Crippen LogP contribution in [0.4, 0.5) is 8.78 Å². The van der Waals surface area contributed by atoms with Gasteiger partial charge in [-0.15, -0.1) is 8.78 Å². The molecule has 0 fully saturated rings. The van der Waals surface area contributed by atoms with E-state index in [1.807, 2.05) is 0 Å². The number of nitrogens with zero attached hydrogens (tertiary/aromatic N) is 1. The van der Waals surface area contributed by atoms with Crippen LogP contribution in [0.25, 0.3) is 0 Å². The van der Waals surface area contributed by atoms with Crippen molar-refractivity contribution in [2.75, 3.05) is 0 Å². The fourth-order valence-electron chi connectivity index (χ4n) is 2.10. The molecule has 0 unspecified atom stereocenters. The van der Waals surface area contributed by atoms with Crippen molar-refractivity contribution in [3.63, 3.8) is 0 Å². The Labute approximate surface area is 129 Å². The Morgan fingerprint density at radius 3 is 2.38 bits per heavy atom. The minimum atomic E-state index is -3.60. The summed E-state index contributed by atoms with van der Waals surface area (Å²) < 4.78 is 34.6. The number of alkyl halides is 2. The van der Waals surface area contributed by atoms with Crippen LogP contribution in [-0.2, 0) is 12.8 Å². The van der Waals surface area contributed by atoms with Gasteiger partial charge in [-0.25, -0.2) is 0 Å². The normalized spacial score (nSPS) is 15.2. The molecule has 1 aromatic heterocycles. The van der Waals surface area contributed by atoms with Gasteiger partial charge in [-0.1, -0.05) is 29.3 Å². The fourth-order valence-corrected chi connectivity index (χ4v) is 2.65. The van der Waals surface area contributed by atoms with Gasteiger partial charge in [-0.05, 0) is 36.1 Å². The molecule has 2 aromatic rings. The van der Waals surface area contributed by atoms with Crippen LogP contribution in [0.2, 0.25) is 10.0 Å². The van der Waals surface area contributed by atoms with Crippen molar-refractivity contribution in [1.82, 2.24) is 4.98 Å². The van der Waals surface area contributed by atoms with Crippen LogP contribution < -0.4 is 9.47 Å². The van der Waals surface area contributed by atoms with Crippen molar-refractivity contribution in [3.05, 3.63) is 51.8 Å². The van der Waals surface area contributed by atoms with Gasteiger partial charge in [0, 0.05) is 12.4 Å². The molecular formula is C14H9Cl2F2NO2. The fraction of sp³-hybridized carbons (Fsp3) is 0.214. The molecule has 3 nitrogen and oxygen atoms in total. The molecule has 3 rings (SSSR count). The largest absolute Gasteiger partial charge is 0.586 e. The molecule has 1 aliphatic heterocycles. The molecule has 7 heteroatoms. The highest BCUT2D eigenvalue weighted by Crippen LogP contribution is 2.41. The molecule has 0 bridgehead atoms. The number of hydrogen-bond acceptors (Lipinski definition) is 3. The van der Waals surface area contributed by atoms with E-state index in [0.717, 1.165) is 11.1 Å². The Bertz CT molecular complexity index is 674. The summed E-state index contributed by atoms with van der Waals surface area (Å²) >= 11 is 12.1. The molecule has 110 valence electrons. The minimum absolute atomic E-state index is 0.0312. The predicted octanol–water partition coefficient (Wildman–Crippen LogP) is 4.50. The van der Waals surface area contributed by atoms with Crippen molar-refractivity contribution < 1.29 is 18.3 Å². The van der Waals surface area contributed by atoms with Crippen molar-refractivity contribution in [2.24, 2.45) is 0 Å². The zero-order chi connectivity index (χ0) is 15.0. The summed E-state index contributed by atoms with van der Waals surface area (Å²) in [5, 5.41) is 0.963. The molecule has 0 saturated heterocycles. The Hall–Kier alpha value is -1.59. The maximum atomic E-state index is 12.9. The molecule has 0 spiro atoms. The second-order valence-electron chi connectivity index (χ2n) is 4.53. The first kappa shape index (κ1) is 14.4. The quantitative estimate of drug-likeness (QED) is 0.830. The van der Waals surface area contributed by atoms with Gasteiger partial charge in [0.1, 0.15) is 0 Å². The Morgan fingerprint density at radius 2 is 1.67 bits per heavy atom. The highest BCUT2D eigenvalue weighted by Gasteiger charge is 2.43. The molecule has 21 heavy (non-hydrogen) atoms. The average Bonchev–Trinajstić information content (AvgIpc) is 2.71. The summed E-state index contributed by atoms with van der Waals surface area (Å²) in [6.07, 6.45) is 0.576. The van der Waals surface area contributed by atoms with Gasteiger partial charge in [-0.2, -0.15) is 0 Å². The van der Waals surface area contributed by atoms with Gasteiger partial charge < -0.3 is 9.47 Å². The molecule has 0 atom stereocenters. The van der Waals surface area contributed by atoms with E-state index in [1.165, 1.54) is 24.5 Å². The topological polar surface area (TPSA) is 31.4 Å². The van der Waals surface area contributed by atoms with E-state index in [0.29, 0.717) is 22.9 Å². The lowest BCUT2D eigenvalue weighted by molar-refractivity contribution is -0.286. The first-order chi connectivity index (χ1) is 9.94. The van der Waals surface area contributed by atoms with E-state index < -0.39 is 6.29 Å². The number of fused-ring (bicyclic) bond motifs is 1. The third kappa shape index (κ3) is 3.04. The summed E-state index contributed by atoms with van der Waals surface area (Å²) in [6, 6.07) is 4.69. The van der Waals surface area contributed by atoms with E-state index in [-0.39, 0.29) is 11.5 Å². The highest BCUT2D eigenvalue weighted by molar-refractivity contribution is 6.35. The Morgan fingerprint density at radius 1 is 1.00 bits per heavy atom. The predicted molar refractivity (Wildman–Crippen MR) is 74.3 cm³/mol. The van der Waals surface area contributed by atoms with E-state index >= 15 is 0 Å². The summed E-state index contributed by atoms with van der Waals surface area (Å²) in [5.74, 6) is 0.0631. The summed E-state index contributed by atoms with van der Waals surface area (Å²) in [5.41, 5.74) is 1.59. The third-order valence-corrected chi connectivity index (χ3v) is 3.73. The average molecular weight is 332 g/mol. The first-order valence-corrected chi connectivity index (χ1v) is 6.87. The molecule has 0 N–H and O–H groups in total. The molecule has 1 aliphatic rings. The summed E-state index contributed by atoms with van der Waals surface area (Å²) in [6.45, 7) is 0. The SMILES string of the molecule is FC1(F)Oc2ccc(CCc3c(Cl)cncc3Cl)cc2O1. The molecular weight excluding hydrogens is 323 g/mol. The van der Waals surface area contributed by atoms with Crippen LogP contribution >= 0.6 is 23.2 Å². The lowest BCUT2D eigenvalue weighted by Gasteiger charge is -2.07. The molecule has 0 aliphatic carbocycles. The number of aryl methyl sites for hydroxylation is 1. The lowest BCUT2D eigenvalue weighted by atomic mass is 10.0. The van der Waals surface area contributed by atoms with Crippen LogP contribution in [-0.4, -0.2) is 11.3 Å². The summed E-state index contributed by atoms with van der Waals surface area (Å²) in [4.78, 5) is 3.88. The van der Waals surface area contributed by atoms with Crippen molar-refractivity contribution in [3.8, 4) is 11.5 Å². The molecule has 0 saturated carbocycles. The van der Waals surface area contributed by atoms with Crippen LogP contribution in [0, 0.1) is 0 Å². The zero-order valence-corrected chi connectivity index (χ0v) is 12.1. The minimum Gasteiger partial charge on any atom is -0.395 e. The maximum absolute atomic E-state index is 12.9. The Kier molecular flexibility index (Phi) is 3.63. The van der Waals surface area contributed by atoms with E-state index in [9.17, 15) is 8.78 Å². The Balaban J connectivity index is 1.76. The molecule has 0 amide bonds. The third-order valence-electron chi connectivity index (χ3n) is 3.08. The van der Waals surface area contributed by atoms with Gasteiger partial charge in [0.05, 0.1) is 10.0 Å². The number of halogens is 4. The second-order valence-corrected chi connectivity index (χ2v) is 5.34. The van der Waals surface area contributed by atoms with E-state index in [1.54, 1.807) is 6.07 Å². The van der Waals surface area contributed by atoms with Gasteiger partial charge in [0.15, 0.2) is 11.5 Å². The summed E-state index contributed by atoms with van der Waals surface area (Å²) in [7, 11) is 0.